The average Bonchev–Trinajstić information content (AvgIpc) is 3.08. The Hall–Kier alpha value is -3.10. The molecule has 4 nitrogen and oxygen atoms in total. The molecule has 128 valence electrons. The van der Waals surface area contributed by atoms with E-state index in [4.69, 9.17) is 9.52 Å². The van der Waals surface area contributed by atoms with Gasteiger partial charge in [0.05, 0.1) is 17.2 Å². The highest BCUT2D eigenvalue weighted by Crippen LogP contribution is 2.28. The monoisotopic (exact) mass is 407 g/mol. The Morgan fingerprint density at radius 1 is 1.12 bits per heavy atom. The van der Waals surface area contributed by atoms with Crippen molar-refractivity contribution in [1.82, 2.24) is 0 Å². The summed E-state index contributed by atoms with van der Waals surface area (Å²) in [6.07, 6.45) is 1.69. The van der Waals surface area contributed by atoms with Crippen molar-refractivity contribution in [3.05, 3.63) is 81.5 Å². The number of hydrogen-bond acceptors (Lipinski definition) is 3. The molecule has 1 aromatic heterocycles. The predicted molar refractivity (Wildman–Crippen MR) is 103 cm³/mol. The second-order valence-corrected chi connectivity index (χ2v) is 6.63. The van der Waals surface area contributed by atoms with Crippen LogP contribution in [-0.4, -0.2) is 11.1 Å². The van der Waals surface area contributed by atoms with Gasteiger partial charge in [-0.1, -0.05) is 34.1 Å². The van der Waals surface area contributed by atoms with Crippen molar-refractivity contribution < 1.29 is 14.3 Å². The Bertz CT molecular complexity index is 1040. The summed E-state index contributed by atoms with van der Waals surface area (Å²) < 4.78 is 6.79. The second kappa shape index (κ2) is 7.42. The summed E-state index contributed by atoms with van der Waals surface area (Å²) in [4.78, 5) is 11.1. The summed E-state index contributed by atoms with van der Waals surface area (Å²) in [5.74, 6) is 0.218. The minimum Gasteiger partial charge on any atom is -0.478 e. The molecule has 1 heterocycles. The first-order valence-electron chi connectivity index (χ1n) is 7.80. The number of carboxylic acids is 1. The predicted octanol–water partition coefficient (Wildman–Crippen LogP) is 5.78. The topological polar surface area (TPSA) is 74.2 Å². The molecule has 0 atom stereocenters. The van der Waals surface area contributed by atoms with Crippen LogP contribution in [0.1, 0.15) is 27.2 Å². The van der Waals surface area contributed by atoms with Crippen LogP contribution >= 0.6 is 15.9 Å². The molecule has 0 saturated carbocycles. The first-order chi connectivity index (χ1) is 12.5. The highest BCUT2D eigenvalue weighted by Gasteiger charge is 2.11. The fraction of sp³-hybridized carbons (Fsp3) is 0.0476. The van der Waals surface area contributed by atoms with E-state index >= 15 is 0 Å². The molecular weight excluding hydrogens is 394 g/mol. The first-order valence-corrected chi connectivity index (χ1v) is 8.59. The van der Waals surface area contributed by atoms with Crippen molar-refractivity contribution in [3.63, 3.8) is 0 Å². The normalized spacial score (nSPS) is 11.2. The summed E-state index contributed by atoms with van der Waals surface area (Å²) in [6, 6.07) is 18.1. The van der Waals surface area contributed by atoms with Crippen molar-refractivity contribution in [1.29, 1.82) is 5.26 Å². The molecule has 0 fully saturated rings. The number of carboxylic acid groups (broad SMARTS) is 1. The van der Waals surface area contributed by atoms with Crippen LogP contribution in [-0.2, 0) is 0 Å². The molecule has 0 amide bonds. The number of benzene rings is 2. The van der Waals surface area contributed by atoms with Crippen LogP contribution < -0.4 is 0 Å². The molecule has 0 aliphatic carbocycles. The Balaban J connectivity index is 1.93. The van der Waals surface area contributed by atoms with Gasteiger partial charge >= 0.3 is 5.97 Å². The Kier molecular flexibility index (Phi) is 5.06. The Labute approximate surface area is 159 Å². The summed E-state index contributed by atoms with van der Waals surface area (Å²) in [5.41, 5.74) is 3.16. The van der Waals surface area contributed by atoms with E-state index in [0.29, 0.717) is 17.1 Å². The van der Waals surface area contributed by atoms with Crippen LogP contribution in [0.5, 0.6) is 0 Å². The van der Waals surface area contributed by atoms with Gasteiger partial charge in [0.2, 0.25) is 0 Å². The van der Waals surface area contributed by atoms with E-state index in [2.05, 4.69) is 22.0 Å². The zero-order valence-corrected chi connectivity index (χ0v) is 15.4. The molecule has 3 rings (SSSR count). The number of carbonyl (C=O) groups is 1. The van der Waals surface area contributed by atoms with Crippen molar-refractivity contribution in [2.24, 2.45) is 0 Å². The fourth-order valence-corrected chi connectivity index (χ4v) is 2.86. The number of aromatic carboxylic acids is 1. The maximum atomic E-state index is 11.1. The van der Waals surface area contributed by atoms with E-state index in [9.17, 15) is 10.1 Å². The molecular formula is C21H14BrNO3. The molecule has 0 radical (unpaired) electrons. The van der Waals surface area contributed by atoms with Gasteiger partial charge in [-0.3, -0.25) is 0 Å². The van der Waals surface area contributed by atoms with Gasteiger partial charge < -0.3 is 9.52 Å². The Morgan fingerprint density at radius 3 is 2.42 bits per heavy atom. The van der Waals surface area contributed by atoms with Crippen molar-refractivity contribution in [2.45, 2.75) is 6.92 Å². The van der Waals surface area contributed by atoms with E-state index < -0.39 is 5.97 Å². The number of allylic oxidation sites excluding steroid dienone is 1. The molecule has 0 spiro atoms. The first kappa shape index (κ1) is 17.7. The smallest absolute Gasteiger partial charge is 0.335 e. The van der Waals surface area contributed by atoms with Gasteiger partial charge in [0.15, 0.2) is 0 Å². The van der Waals surface area contributed by atoms with Crippen LogP contribution in [0.4, 0.5) is 0 Å². The second-order valence-electron chi connectivity index (χ2n) is 5.71. The van der Waals surface area contributed by atoms with Gasteiger partial charge in [0.25, 0.3) is 0 Å². The summed E-state index contributed by atoms with van der Waals surface area (Å²) in [7, 11) is 0. The van der Waals surface area contributed by atoms with Gasteiger partial charge in [0.1, 0.15) is 11.5 Å². The molecule has 0 aliphatic heterocycles. The average molecular weight is 408 g/mol. The third-order valence-corrected chi connectivity index (χ3v) is 4.46. The lowest BCUT2D eigenvalue weighted by molar-refractivity contribution is 0.0697. The molecule has 0 aliphatic rings. The summed E-state index contributed by atoms with van der Waals surface area (Å²) >= 11 is 3.38. The Morgan fingerprint density at radius 2 is 1.81 bits per heavy atom. The van der Waals surface area contributed by atoms with Gasteiger partial charge in [-0.25, -0.2) is 4.79 Å². The number of aryl methyl sites for hydroxylation is 1. The lowest BCUT2D eigenvalue weighted by Crippen LogP contribution is -1.96. The van der Waals surface area contributed by atoms with E-state index in [0.717, 1.165) is 21.2 Å². The zero-order valence-electron chi connectivity index (χ0n) is 13.9. The van der Waals surface area contributed by atoms with E-state index in [-0.39, 0.29) is 5.56 Å². The van der Waals surface area contributed by atoms with Crippen molar-refractivity contribution in [2.75, 3.05) is 0 Å². The standard InChI is InChI=1S/C21H14BrNO3/c1-13-10-15(21(24)25)4-8-19(13)20-9-7-18(26-20)11-16(12-23)14-2-5-17(22)6-3-14/h2-11H,1H3,(H,24,25)/b16-11-. The number of halogens is 1. The number of nitrogens with zero attached hydrogens (tertiary/aromatic N) is 1. The van der Waals surface area contributed by atoms with Gasteiger partial charge in [-0.05, 0) is 60.5 Å². The molecule has 0 unspecified atom stereocenters. The molecule has 26 heavy (non-hydrogen) atoms. The van der Waals surface area contributed by atoms with Gasteiger partial charge in [0, 0.05) is 10.0 Å². The number of furan rings is 1. The largest absolute Gasteiger partial charge is 0.478 e. The summed E-state index contributed by atoms with van der Waals surface area (Å²) in [6.45, 7) is 1.84. The minimum atomic E-state index is -0.962. The highest BCUT2D eigenvalue weighted by molar-refractivity contribution is 9.10. The number of rotatable bonds is 4. The lowest BCUT2D eigenvalue weighted by atomic mass is 10.0. The molecule has 5 heteroatoms. The van der Waals surface area contributed by atoms with Crippen LogP contribution in [0.3, 0.4) is 0 Å². The van der Waals surface area contributed by atoms with Gasteiger partial charge in [-0.2, -0.15) is 5.26 Å². The van der Waals surface area contributed by atoms with Crippen molar-refractivity contribution >= 4 is 33.5 Å². The van der Waals surface area contributed by atoms with Crippen LogP contribution in [0.15, 0.2) is 63.5 Å². The highest BCUT2D eigenvalue weighted by atomic mass is 79.9. The SMILES string of the molecule is Cc1cc(C(=O)O)ccc1-c1ccc(/C=C(/C#N)c2ccc(Br)cc2)o1. The fourth-order valence-electron chi connectivity index (χ4n) is 2.60. The van der Waals surface area contributed by atoms with E-state index in [1.807, 2.05) is 37.3 Å². The van der Waals surface area contributed by atoms with Crippen LogP contribution in [0, 0.1) is 18.3 Å². The molecule has 3 aromatic rings. The van der Waals surface area contributed by atoms with E-state index in [1.165, 1.54) is 0 Å². The van der Waals surface area contributed by atoms with E-state index in [1.54, 1.807) is 30.3 Å². The summed E-state index contributed by atoms with van der Waals surface area (Å²) in [5, 5.41) is 18.5. The molecule has 0 saturated heterocycles. The minimum absolute atomic E-state index is 0.236. The van der Waals surface area contributed by atoms with Crippen molar-refractivity contribution in [3.8, 4) is 17.4 Å². The maximum absolute atomic E-state index is 11.1. The molecule has 0 bridgehead atoms. The maximum Gasteiger partial charge on any atom is 0.335 e. The quantitative estimate of drug-likeness (QED) is 0.556. The number of nitriles is 1. The van der Waals surface area contributed by atoms with Crippen LogP contribution in [0.2, 0.25) is 0 Å². The molecule has 1 N–H and O–H groups in total. The zero-order chi connectivity index (χ0) is 18.7. The third kappa shape index (κ3) is 3.76. The molecule has 2 aromatic carbocycles. The lowest BCUT2D eigenvalue weighted by Gasteiger charge is -2.04. The van der Waals surface area contributed by atoms with Gasteiger partial charge in [-0.15, -0.1) is 0 Å². The van der Waals surface area contributed by atoms with Crippen LogP contribution in [0.25, 0.3) is 23.0 Å². The third-order valence-electron chi connectivity index (χ3n) is 3.93. The number of hydrogen-bond donors (Lipinski definition) is 1.